The molecule has 3 rings (SSSR count). The van der Waals surface area contributed by atoms with Crippen molar-refractivity contribution in [3.63, 3.8) is 0 Å². The minimum absolute atomic E-state index is 0.145. The van der Waals surface area contributed by atoms with Crippen molar-refractivity contribution in [1.29, 1.82) is 0 Å². The average molecular weight is 274 g/mol. The van der Waals surface area contributed by atoms with Crippen LogP contribution < -0.4 is 0 Å². The maximum atomic E-state index is 10.2. The molecule has 0 aliphatic heterocycles. The Morgan fingerprint density at radius 2 is 2.32 bits per heavy atom. The van der Waals surface area contributed by atoms with Crippen molar-refractivity contribution in [2.45, 2.75) is 39.2 Å². The molecule has 0 spiro atoms. The zero-order valence-corrected chi connectivity index (χ0v) is 12.1. The molecule has 1 atom stereocenters. The fourth-order valence-electron chi connectivity index (χ4n) is 2.70. The highest BCUT2D eigenvalue weighted by atomic mass is 32.1. The summed E-state index contributed by atoms with van der Waals surface area (Å²) >= 11 is 1.65. The summed E-state index contributed by atoms with van der Waals surface area (Å²) in [6.07, 6.45) is 5.90. The van der Waals surface area contributed by atoms with Gasteiger partial charge in [-0.15, -0.1) is 11.3 Å². The van der Waals surface area contributed by atoms with E-state index in [2.05, 4.69) is 24.9 Å². The monoisotopic (exact) mass is 274 g/mol. The van der Waals surface area contributed by atoms with E-state index in [1.807, 2.05) is 12.3 Å². The molecule has 3 nitrogen and oxygen atoms in total. The van der Waals surface area contributed by atoms with Crippen LogP contribution in [0.5, 0.6) is 0 Å². The number of fused-ring (bicyclic) bond motifs is 1. The van der Waals surface area contributed by atoms with Gasteiger partial charge < -0.3 is 5.11 Å². The molecular formula is C15H18N2OS. The number of thiazole rings is 1. The summed E-state index contributed by atoms with van der Waals surface area (Å²) in [7, 11) is 0. The van der Waals surface area contributed by atoms with Crippen LogP contribution in [-0.4, -0.2) is 15.1 Å². The number of aliphatic hydroxyl groups is 1. The van der Waals surface area contributed by atoms with Crippen molar-refractivity contribution in [2.24, 2.45) is 5.41 Å². The van der Waals surface area contributed by atoms with Crippen LogP contribution in [0, 0.1) is 5.41 Å². The van der Waals surface area contributed by atoms with Crippen molar-refractivity contribution in [1.82, 2.24) is 9.97 Å². The van der Waals surface area contributed by atoms with Crippen LogP contribution in [0.2, 0.25) is 0 Å². The summed E-state index contributed by atoms with van der Waals surface area (Å²) in [5.41, 5.74) is 2.40. The maximum Gasteiger partial charge on any atom is 0.0976 e. The van der Waals surface area contributed by atoms with Gasteiger partial charge in [0.15, 0.2) is 0 Å². The van der Waals surface area contributed by atoms with Crippen molar-refractivity contribution >= 4 is 11.3 Å². The van der Waals surface area contributed by atoms with Gasteiger partial charge in [-0.3, -0.25) is 4.98 Å². The van der Waals surface area contributed by atoms with Crippen LogP contribution in [0.25, 0.3) is 0 Å². The standard InChI is InChI=1S/C15H18N2OS/c1-15(2)7-11-14(12(18)8-15)19-13(17-11)6-10-4-3-5-16-9-10/h3-5,9,12,18H,6-8H2,1-2H3. The van der Waals surface area contributed by atoms with Gasteiger partial charge in [0, 0.05) is 18.8 Å². The molecule has 100 valence electrons. The van der Waals surface area contributed by atoms with E-state index >= 15 is 0 Å². The first-order valence-electron chi connectivity index (χ1n) is 6.59. The zero-order valence-electron chi connectivity index (χ0n) is 11.3. The highest BCUT2D eigenvalue weighted by molar-refractivity contribution is 7.11. The minimum atomic E-state index is -0.348. The first-order valence-corrected chi connectivity index (χ1v) is 7.41. The molecule has 1 unspecified atom stereocenters. The molecule has 0 saturated heterocycles. The van der Waals surface area contributed by atoms with Gasteiger partial charge in [0.2, 0.25) is 0 Å². The third kappa shape index (κ3) is 2.69. The first-order chi connectivity index (χ1) is 9.03. The summed E-state index contributed by atoms with van der Waals surface area (Å²) < 4.78 is 0. The number of nitrogens with zero attached hydrogens (tertiary/aromatic N) is 2. The van der Waals surface area contributed by atoms with Gasteiger partial charge in [-0.05, 0) is 29.9 Å². The van der Waals surface area contributed by atoms with Gasteiger partial charge in [0.25, 0.3) is 0 Å². The second-order valence-electron chi connectivity index (χ2n) is 6.02. The molecule has 2 aromatic heterocycles. The lowest BCUT2D eigenvalue weighted by Crippen LogP contribution is -2.24. The van der Waals surface area contributed by atoms with Crippen LogP contribution in [0.3, 0.4) is 0 Å². The highest BCUT2D eigenvalue weighted by Crippen LogP contribution is 2.43. The molecule has 0 bridgehead atoms. The molecule has 1 aliphatic rings. The van der Waals surface area contributed by atoms with Crippen LogP contribution in [0.15, 0.2) is 24.5 Å². The Kier molecular flexibility index (Phi) is 3.15. The van der Waals surface area contributed by atoms with Gasteiger partial charge >= 0.3 is 0 Å². The van der Waals surface area contributed by atoms with E-state index in [0.717, 1.165) is 34.8 Å². The molecular weight excluding hydrogens is 256 g/mol. The normalized spacial score (nSPS) is 21.1. The second kappa shape index (κ2) is 4.69. The van der Waals surface area contributed by atoms with E-state index in [1.54, 1.807) is 17.5 Å². The molecule has 0 fully saturated rings. The summed E-state index contributed by atoms with van der Waals surface area (Å²) in [5.74, 6) is 0. The number of pyridine rings is 1. The number of rotatable bonds is 2. The second-order valence-corrected chi connectivity index (χ2v) is 7.13. The molecule has 2 aromatic rings. The molecule has 1 N–H and O–H groups in total. The summed E-state index contributed by atoms with van der Waals surface area (Å²) in [4.78, 5) is 9.92. The summed E-state index contributed by atoms with van der Waals surface area (Å²) in [6.45, 7) is 4.39. The van der Waals surface area contributed by atoms with Crippen LogP contribution >= 0.6 is 11.3 Å². The Morgan fingerprint density at radius 1 is 1.47 bits per heavy atom. The fourth-order valence-corrected chi connectivity index (χ4v) is 3.80. The van der Waals surface area contributed by atoms with E-state index in [1.165, 1.54) is 5.56 Å². The average Bonchev–Trinajstić information content (AvgIpc) is 2.71. The van der Waals surface area contributed by atoms with Gasteiger partial charge in [-0.1, -0.05) is 19.9 Å². The lowest BCUT2D eigenvalue weighted by Gasteiger charge is -2.31. The highest BCUT2D eigenvalue weighted by Gasteiger charge is 2.33. The molecule has 0 aromatic carbocycles. The lowest BCUT2D eigenvalue weighted by molar-refractivity contribution is 0.102. The van der Waals surface area contributed by atoms with Crippen molar-refractivity contribution in [3.8, 4) is 0 Å². The molecule has 4 heteroatoms. The Hall–Kier alpha value is -1.26. The quantitative estimate of drug-likeness (QED) is 0.915. The van der Waals surface area contributed by atoms with Gasteiger partial charge in [-0.2, -0.15) is 0 Å². The smallest absolute Gasteiger partial charge is 0.0976 e. The Balaban J connectivity index is 1.87. The van der Waals surface area contributed by atoms with Crippen LogP contribution in [0.1, 0.15) is 47.5 Å². The van der Waals surface area contributed by atoms with E-state index in [9.17, 15) is 5.11 Å². The third-order valence-electron chi connectivity index (χ3n) is 3.54. The number of aliphatic hydroxyl groups excluding tert-OH is 1. The van der Waals surface area contributed by atoms with E-state index in [4.69, 9.17) is 4.98 Å². The van der Waals surface area contributed by atoms with E-state index in [0.29, 0.717) is 0 Å². The lowest BCUT2D eigenvalue weighted by atomic mass is 9.77. The fraction of sp³-hybridized carbons (Fsp3) is 0.467. The number of hydrogen-bond acceptors (Lipinski definition) is 4. The summed E-state index contributed by atoms with van der Waals surface area (Å²) in [6, 6.07) is 4.01. The number of hydrogen-bond donors (Lipinski definition) is 1. The summed E-state index contributed by atoms with van der Waals surface area (Å²) in [5, 5.41) is 11.3. The Morgan fingerprint density at radius 3 is 3.05 bits per heavy atom. The molecule has 0 saturated carbocycles. The predicted octanol–water partition coefficient (Wildman–Crippen LogP) is 3.13. The van der Waals surface area contributed by atoms with Crippen LogP contribution in [-0.2, 0) is 12.8 Å². The zero-order chi connectivity index (χ0) is 13.5. The van der Waals surface area contributed by atoms with Crippen molar-refractivity contribution < 1.29 is 5.11 Å². The SMILES string of the molecule is CC1(C)Cc2nc(Cc3cccnc3)sc2C(O)C1. The van der Waals surface area contributed by atoms with Crippen LogP contribution in [0.4, 0.5) is 0 Å². The van der Waals surface area contributed by atoms with E-state index in [-0.39, 0.29) is 11.5 Å². The van der Waals surface area contributed by atoms with Gasteiger partial charge in [0.1, 0.15) is 0 Å². The molecule has 2 heterocycles. The minimum Gasteiger partial charge on any atom is -0.387 e. The molecule has 0 amide bonds. The molecule has 0 radical (unpaired) electrons. The molecule has 19 heavy (non-hydrogen) atoms. The maximum absolute atomic E-state index is 10.2. The first kappa shape index (κ1) is 12.8. The Bertz CT molecular complexity index is 577. The van der Waals surface area contributed by atoms with Crippen molar-refractivity contribution in [2.75, 3.05) is 0 Å². The Labute approximate surface area is 117 Å². The van der Waals surface area contributed by atoms with Gasteiger partial charge in [0.05, 0.1) is 21.7 Å². The largest absolute Gasteiger partial charge is 0.387 e. The predicted molar refractivity (Wildman–Crippen MR) is 76.2 cm³/mol. The third-order valence-corrected chi connectivity index (χ3v) is 4.74. The molecule has 1 aliphatic carbocycles. The topological polar surface area (TPSA) is 46.0 Å². The number of aromatic nitrogens is 2. The van der Waals surface area contributed by atoms with Crippen molar-refractivity contribution in [3.05, 3.63) is 45.7 Å². The van der Waals surface area contributed by atoms with E-state index < -0.39 is 0 Å². The van der Waals surface area contributed by atoms with Gasteiger partial charge in [-0.25, -0.2) is 4.98 Å².